The Morgan fingerprint density at radius 2 is 0.885 bits per heavy atom. The molecular weight excluding hydrogens is 773 g/mol. The molecule has 320 valence electrons. The number of aliphatic carboxylic acids is 1. The predicted octanol–water partition coefficient (Wildman–Crippen LogP) is 3.59. The maximum atomic E-state index is 14.6. The number of nitrogens with two attached hydrogens (primary N) is 1. The van der Waals surface area contributed by atoms with Gasteiger partial charge in [0, 0.05) is 32.4 Å². The van der Waals surface area contributed by atoms with E-state index in [4.69, 9.17) is 5.73 Å². The Morgan fingerprint density at radius 1 is 0.508 bits per heavy atom. The highest BCUT2D eigenvalue weighted by molar-refractivity contribution is 5.97. The minimum absolute atomic E-state index is 0.0821. The predicted molar refractivity (Wildman–Crippen MR) is 231 cm³/mol. The van der Waals surface area contributed by atoms with Gasteiger partial charge in [-0.25, -0.2) is 4.79 Å². The maximum Gasteiger partial charge on any atom is 0.326 e. The van der Waals surface area contributed by atoms with Gasteiger partial charge in [0.2, 0.25) is 29.5 Å². The average molecular weight is 829 g/mol. The van der Waals surface area contributed by atoms with E-state index in [1.54, 1.807) is 0 Å². The number of hydrogen-bond acceptors (Lipinski definition) is 7. The molecule has 13 heteroatoms. The molecule has 2 heterocycles. The van der Waals surface area contributed by atoms with E-state index in [1.165, 1.54) is 9.80 Å². The molecule has 0 aromatic heterocycles. The van der Waals surface area contributed by atoms with Crippen molar-refractivity contribution >= 4 is 35.5 Å². The summed E-state index contributed by atoms with van der Waals surface area (Å²) >= 11 is 0. The summed E-state index contributed by atoms with van der Waals surface area (Å²) in [6.07, 6.45) is 3.88. The van der Waals surface area contributed by atoms with Crippen molar-refractivity contribution < 1.29 is 33.9 Å². The van der Waals surface area contributed by atoms with Crippen molar-refractivity contribution in [3.8, 4) is 0 Å². The first-order valence-electron chi connectivity index (χ1n) is 21.2. The first-order valence-corrected chi connectivity index (χ1v) is 21.2. The summed E-state index contributed by atoms with van der Waals surface area (Å²) in [5.41, 5.74) is 9.58. The molecule has 2 saturated heterocycles. The van der Waals surface area contributed by atoms with Crippen molar-refractivity contribution in [2.75, 3.05) is 13.1 Å². The SMILES string of the molecule is N[C@@H](Cc1ccccc1)C(=O)N[C@@H](Cc1ccccc1)C(=O)N1CCCC[C@H]1C(=O)N[C@@H](Cc1ccccc1)C(=O)N[C@@H](Cc1ccccc1)C(=O)N1CCCC[C@H]1C(=O)O. The van der Waals surface area contributed by atoms with Gasteiger partial charge in [-0.15, -0.1) is 0 Å². The van der Waals surface area contributed by atoms with Gasteiger partial charge < -0.3 is 36.6 Å². The highest BCUT2D eigenvalue weighted by Crippen LogP contribution is 2.22. The quantitative estimate of drug-likeness (QED) is 0.107. The number of benzene rings is 4. The zero-order chi connectivity index (χ0) is 43.1. The zero-order valence-corrected chi connectivity index (χ0v) is 34.4. The van der Waals surface area contributed by atoms with Crippen molar-refractivity contribution in [3.05, 3.63) is 144 Å². The van der Waals surface area contributed by atoms with Gasteiger partial charge in [-0.3, -0.25) is 24.0 Å². The van der Waals surface area contributed by atoms with Crippen LogP contribution < -0.4 is 21.7 Å². The number of carboxylic acid groups (broad SMARTS) is 1. The first kappa shape index (κ1) is 44.2. The molecule has 61 heavy (non-hydrogen) atoms. The van der Waals surface area contributed by atoms with Crippen LogP contribution in [0.15, 0.2) is 121 Å². The second-order valence-corrected chi connectivity index (χ2v) is 16.0. The first-order chi connectivity index (χ1) is 29.6. The van der Waals surface area contributed by atoms with E-state index in [9.17, 15) is 33.9 Å². The van der Waals surface area contributed by atoms with Gasteiger partial charge in [-0.1, -0.05) is 121 Å². The second-order valence-electron chi connectivity index (χ2n) is 16.0. The lowest BCUT2D eigenvalue weighted by Crippen LogP contribution is -2.62. The topological polar surface area (TPSA) is 191 Å². The fraction of sp³-hybridized carbons (Fsp3) is 0.375. The van der Waals surface area contributed by atoms with Gasteiger partial charge in [0.25, 0.3) is 0 Å². The van der Waals surface area contributed by atoms with E-state index >= 15 is 0 Å². The lowest BCUT2D eigenvalue weighted by molar-refractivity contribution is -0.153. The molecule has 6 atom stereocenters. The van der Waals surface area contributed by atoms with Crippen LogP contribution in [0.2, 0.25) is 0 Å². The molecule has 5 amide bonds. The molecule has 2 aliphatic rings. The van der Waals surface area contributed by atoms with Gasteiger partial charge in [0.15, 0.2) is 0 Å². The van der Waals surface area contributed by atoms with Crippen LogP contribution in [-0.4, -0.2) is 99.8 Å². The number of carboxylic acids is 1. The number of amides is 5. The summed E-state index contributed by atoms with van der Waals surface area (Å²) in [7, 11) is 0. The molecule has 6 N–H and O–H groups in total. The number of hydrogen-bond donors (Lipinski definition) is 5. The summed E-state index contributed by atoms with van der Waals surface area (Å²) in [5.74, 6) is -3.69. The Morgan fingerprint density at radius 3 is 1.33 bits per heavy atom. The minimum Gasteiger partial charge on any atom is -0.480 e. The van der Waals surface area contributed by atoms with Crippen LogP contribution in [-0.2, 0) is 54.5 Å². The van der Waals surface area contributed by atoms with Crippen LogP contribution in [0, 0.1) is 0 Å². The Bertz CT molecular complexity index is 2090. The zero-order valence-electron chi connectivity index (χ0n) is 34.4. The molecule has 0 bridgehead atoms. The van der Waals surface area contributed by atoms with Crippen molar-refractivity contribution in [1.82, 2.24) is 25.8 Å². The van der Waals surface area contributed by atoms with E-state index in [2.05, 4.69) is 16.0 Å². The molecule has 13 nitrogen and oxygen atoms in total. The molecule has 0 radical (unpaired) electrons. The summed E-state index contributed by atoms with van der Waals surface area (Å²) in [5, 5.41) is 18.7. The number of piperidine rings is 2. The third-order valence-electron chi connectivity index (χ3n) is 11.5. The number of carbonyl (C=O) groups excluding carboxylic acids is 5. The molecule has 2 aliphatic heterocycles. The Balaban J connectivity index is 1.23. The van der Waals surface area contributed by atoms with Crippen LogP contribution in [0.5, 0.6) is 0 Å². The van der Waals surface area contributed by atoms with Crippen molar-refractivity contribution in [2.45, 2.75) is 100 Å². The Hall–Kier alpha value is -6.34. The van der Waals surface area contributed by atoms with Crippen LogP contribution in [0.4, 0.5) is 0 Å². The maximum absolute atomic E-state index is 14.6. The number of likely N-dealkylation sites (tertiary alicyclic amines) is 2. The molecule has 0 aliphatic carbocycles. The van der Waals surface area contributed by atoms with Gasteiger partial charge in [0.05, 0.1) is 6.04 Å². The lowest BCUT2D eigenvalue weighted by Gasteiger charge is -2.38. The van der Waals surface area contributed by atoms with Crippen LogP contribution in [0.1, 0.15) is 60.8 Å². The van der Waals surface area contributed by atoms with Crippen molar-refractivity contribution in [1.29, 1.82) is 0 Å². The van der Waals surface area contributed by atoms with E-state index < -0.39 is 71.8 Å². The standard InChI is InChI=1S/C48H56N6O7/c49-37(29-33-17-5-1-6-18-33)43(55)51-39(31-35-21-9-3-10-22-35)46(58)53-27-15-13-25-41(53)45(57)50-38(30-34-19-7-2-8-20-34)44(56)52-40(32-36-23-11-4-12-24-36)47(59)54-28-16-14-26-42(54)48(60)61/h1-12,17-24,37-42H,13-16,25-32,49H2,(H,50,57)(H,51,55)(H,52,56)(H,60,61)/t37-,38-,39-,40-,41-,42-/m0/s1. The Labute approximate surface area is 357 Å². The third kappa shape index (κ3) is 12.4. The second kappa shape index (κ2) is 21.8. The summed E-state index contributed by atoms with van der Waals surface area (Å²) in [4.78, 5) is 86.4. The average Bonchev–Trinajstić information content (AvgIpc) is 3.29. The van der Waals surface area contributed by atoms with Gasteiger partial charge in [-0.2, -0.15) is 0 Å². The molecular formula is C48H56N6O7. The van der Waals surface area contributed by atoms with E-state index in [0.717, 1.165) is 22.3 Å². The molecule has 0 unspecified atom stereocenters. The van der Waals surface area contributed by atoms with Crippen molar-refractivity contribution in [2.24, 2.45) is 5.73 Å². The summed E-state index contributed by atoms with van der Waals surface area (Å²) < 4.78 is 0. The van der Waals surface area contributed by atoms with Crippen LogP contribution in [0.3, 0.4) is 0 Å². The Kier molecular flexibility index (Phi) is 15.8. The molecule has 4 aromatic rings. The van der Waals surface area contributed by atoms with Crippen molar-refractivity contribution in [3.63, 3.8) is 0 Å². The molecule has 4 aromatic carbocycles. The normalized spacial score (nSPS) is 18.4. The third-order valence-corrected chi connectivity index (χ3v) is 11.5. The van der Waals surface area contributed by atoms with Gasteiger partial charge >= 0.3 is 5.97 Å². The van der Waals surface area contributed by atoms with Gasteiger partial charge in [-0.05, 0) is 67.2 Å². The number of nitrogens with zero attached hydrogens (tertiary/aromatic N) is 2. The van der Waals surface area contributed by atoms with E-state index in [-0.39, 0.29) is 38.8 Å². The highest BCUT2D eigenvalue weighted by Gasteiger charge is 2.40. The van der Waals surface area contributed by atoms with E-state index in [1.807, 2.05) is 121 Å². The molecule has 2 fully saturated rings. The summed E-state index contributed by atoms with van der Waals surface area (Å²) in [6.45, 7) is 0.509. The number of carbonyl (C=O) groups is 6. The lowest BCUT2D eigenvalue weighted by atomic mass is 9.96. The number of rotatable bonds is 17. The monoisotopic (exact) mass is 828 g/mol. The fourth-order valence-electron chi connectivity index (χ4n) is 8.26. The smallest absolute Gasteiger partial charge is 0.326 e. The fourth-order valence-corrected chi connectivity index (χ4v) is 8.26. The van der Waals surface area contributed by atoms with E-state index in [0.29, 0.717) is 38.5 Å². The van der Waals surface area contributed by atoms with Crippen LogP contribution >= 0.6 is 0 Å². The number of nitrogens with one attached hydrogen (secondary N) is 3. The summed E-state index contributed by atoms with van der Waals surface area (Å²) in [6, 6.07) is 30.8. The molecule has 0 spiro atoms. The highest BCUT2D eigenvalue weighted by atomic mass is 16.4. The molecule has 6 rings (SSSR count). The molecule has 0 saturated carbocycles. The van der Waals surface area contributed by atoms with Gasteiger partial charge in [0.1, 0.15) is 30.2 Å². The minimum atomic E-state index is -1.16. The largest absolute Gasteiger partial charge is 0.480 e. The van der Waals surface area contributed by atoms with Crippen LogP contribution in [0.25, 0.3) is 0 Å².